The number of piperidine rings is 1. The highest BCUT2D eigenvalue weighted by Crippen LogP contribution is 2.22. The minimum atomic E-state index is -0.559. The SMILES string of the molecule is CC#CCn1c(N2CCCC(N)C2)nc2c(=O)n(CC(=O)NC)n(Cc3nc(C)c4ccccc4n3)c(=O)c21. The maximum absolute atomic E-state index is 14.1. The van der Waals surface area contributed by atoms with Gasteiger partial charge < -0.3 is 16.0 Å². The number of amides is 1. The lowest BCUT2D eigenvalue weighted by Crippen LogP contribution is -2.44. The number of hydrogen-bond donors (Lipinski definition) is 2. The highest BCUT2D eigenvalue weighted by Gasteiger charge is 2.27. The highest BCUT2D eigenvalue weighted by molar-refractivity contribution is 5.81. The van der Waals surface area contributed by atoms with Crippen LogP contribution in [0.5, 0.6) is 0 Å². The minimum absolute atomic E-state index is 0.0113. The van der Waals surface area contributed by atoms with E-state index >= 15 is 0 Å². The number of carbonyl (C=O) groups excluding carboxylic acids is 1. The average Bonchev–Trinajstić information content (AvgIpc) is 3.32. The lowest BCUT2D eigenvalue weighted by molar-refractivity contribution is -0.121. The van der Waals surface area contributed by atoms with Crippen molar-refractivity contribution in [3.63, 3.8) is 0 Å². The van der Waals surface area contributed by atoms with Crippen LogP contribution in [0, 0.1) is 18.8 Å². The summed E-state index contributed by atoms with van der Waals surface area (Å²) >= 11 is 0. The van der Waals surface area contributed by atoms with Crippen molar-refractivity contribution in [3.8, 4) is 11.8 Å². The van der Waals surface area contributed by atoms with E-state index in [2.05, 4.69) is 32.1 Å². The molecular weight excluding hydrogens is 498 g/mol. The fourth-order valence-corrected chi connectivity index (χ4v) is 5.04. The van der Waals surface area contributed by atoms with Gasteiger partial charge in [0.25, 0.3) is 11.1 Å². The average molecular weight is 530 g/mol. The summed E-state index contributed by atoms with van der Waals surface area (Å²) in [6.45, 7) is 4.53. The molecule has 0 aliphatic carbocycles. The van der Waals surface area contributed by atoms with Gasteiger partial charge in [0.2, 0.25) is 11.9 Å². The van der Waals surface area contributed by atoms with Crippen LogP contribution in [0.4, 0.5) is 5.95 Å². The van der Waals surface area contributed by atoms with E-state index in [-0.39, 0.29) is 36.7 Å². The Bertz CT molecular complexity index is 1760. The zero-order valence-corrected chi connectivity index (χ0v) is 22.3. The van der Waals surface area contributed by atoms with Crippen molar-refractivity contribution in [2.45, 2.75) is 52.4 Å². The number of fused-ring (bicyclic) bond motifs is 2. The number of aryl methyl sites for hydroxylation is 1. The number of nitrogens with zero attached hydrogens (tertiary/aromatic N) is 7. The lowest BCUT2D eigenvalue weighted by atomic mass is 10.1. The number of imidazole rings is 1. The molecule has 1 atom stereocenters. The predicted octanol–water partition coefficient (Wildman–Crippen LogP) is 0.356. The topological polar surface area (TPSA) is 146 Å². The van der Waals surface area contributed by atoms with Crippen molar-refractivity contribution in [1.29, 1.82) is 0 Å². The van der Waals surface area contributed by atoms with Crippen LogP contribution in [-0.2, 0) is 24.4 Å². The van der Waals surface area contributed by atoms with Gasteiger partial charge >= 0.3 is 0 Å². The number of rotatable bonds is 6. The summed E-state index contributed by atoms with van der Waals surface area (Å²) in [5.74, 6) is 6.25. The molecule has 12 heteroatoms. The summed E-state index contributed by atoms with van der Waals surface area (Å²) < 4.78 is 4.03. The Hall–Kier alpha value is -4.50. The van der Waals surface area contributed by atoms with Gasteiger partial charge in [0.15, 0.2) is 11.3 Å². The van der Waals surface area contributed by atoms with Gasteiger partial charge in [-0.3, -0.25) is 19.0 Å². The van der Waals surface area contributed by atoms with Crippen molar-refractivity contribution in [2.24, 2.45) is 5.73 Å². The van der Waals surface area contributed by atoms with E-state index in [0.717, 1.165) is 34.1 Å². The minimum Gasteiger partial charge on any atom is -0.358 e. The number of nitrogens with two attached hydrogens (primary N) is 1. The zero-order valence-electron chi connectivity index (χ0n) is 22.3. The summed E-state index contributed by atoms with van der Waals surface area (Å²) in [5.41, 5.74) is 6.77. The number of carbonyl (C=O) groups is 1. The highest BCUT2D eigenvalue weighted by atomic mass is 16.2. The Morgan fingerprint density at radius 1 is 1.15 bits per heavy atom. The molecule has 12 nitrogen and oxygen atoms in total. The first-order valence-electron chi connectivity index (χ1n) is 12.9. The second kappa shape index (κ2) is 10.7. The summed E-state index contributed by atoms with van der Waals surface area (Å²) in [6, 6.07) is 7.53. The number of hydrogen-bond acceptors (Lipinski definition) is 8. The molecule has 39 heavy (non-hydrogen) atoms. The number of likely N-dealkylation sites (N-methyl/N-ethyl adjacent to an activating group) is 1. The molecule has 1 aliphatic heterocycles. The van der Waals surface area contributed by atoms with Crippen LogP contribution in [0.1, 0.15) is 31.3 Å². The van der Waals surface area contributed by atoms with Crippen molar-refractivity contribution in [1.82, 2.24) is 34.2 Å². The monoisotopic (exact) mass is 529 g/mol. The number of anilines is 1. The first kappa shape index (κ1) is 26.1. The summed E-state index contributed by atoms with van der Waals surface area (Å²) in [7, 11) is 1.47. The molecule has 3 aromatic heterocycles. The molecule has 5 rings (SSSR count). The van der Waals surface area contributed by atoms with Gasteiger partial charge in [-0.1, -0.05) is 24.1 Å². The van der Waals surface area contributed by atoms with E-state index in [1.54, 1.807) is 11.5 Å². The van der Waals surface area contributed by atoms with Crippen LogP contribution in [0.25, 0.3) is 21.9 Å². The molecule has 1 amide bonds. The standard InChI is InChI=1S/C27H31N9O3/c1-4-5-13-34-24-23(32-27(34)33-12-8-9-18(28)14-33)25(38)36(16-22(37)29-3)35(26(24)39)15-21-30-17(2)19-10-6-7-11-20(19)31-21/h6-7,10-11,18H,8-9,12-16,28H2,1-3H3,(H,29,37). The van der Waals surface area contributed by atoms with E-state index in [9.17, 15) is 14.4 Å². The fraction of sp³-hybridized carbons (Fsp3) is 0.407. The predicted molar refractivity (Wildman–Crippen MR) is 149 cm³/mol. The Morgan fingerprint density at radius 3 is 2.69 bits per heavy atom. The summed E-state index contributed by atoms with van der Waals surface area (Å²) in [4.78, 5) is 56.2. The normalized spacial score (nSPS) is 15.4. The van der Waals surface area contributed by atoms with Gasteiger partial charge in [-0.15, -0.1) is 5.92 Å². The molecule has 0 saturated carbocycles. The third-order valence-corrected chi connectivity index (χ3v) is 6.97. The van der Waals surface area contributed by atoms with Crippen LogP contribution in [0.15, 0.2) is 33.9 Å². The van der Waals surface area contributed by atoms with E-state index in [1.165, 1.54) is 11.7 Å². The lowest BCUT2D eigenvalue weighted by Gasteiger charge is -2.31. The van der Waals surface area contributed by atoms with E-state index in [0.29, 0.717) is 24.9 Å². The van der Waals surface area contributed by atoms with E-state index < -0.39 is 17.0 Å². The number of nitrogens with one attached hydrogen (secondary N) is 1. The van der Waals surface area contributed by atoms with E-state index in [4.69, 9.17) is 5.73 Å². The van der Waals surface area contributed by atoms with Crippen LogP contribution in [0.2, 0.25) is 0 Å². The van der Waals surface area contributed by atoms with Crippen molar-refractivity contribution in [3.05, 3.63) is 56.5 Å². The molecular formula is C27H31N9O3. The Balaban J connectivity index is 1.75. The molecule has 0 bridgehead atoms. The third-order valence-electron chi connectivity index (χ3n) is 6.97. The molecule has 1 aliphatic rings. The van der Waals surface area contributed by atoms with Crippen LogP contribution >= 0.6 is 0 Å². The second-order valence-corrected chi connectivity index (χ2v) is 9.61. The van der Waals surface area contributed by atoms with Gasteiger partial charge in [-0.2, -0.15) is 0 Å². The maximum atomic E-state index is 14.1. The Kier molecular flexibility index (Phi) is 7.17. The summed E-state index contributed by atoms with van der Waals surface area (Å²) in [6.07, 6.45) is 1.76. The molecule has 1 unspecified atom stereocenters. The van der Waals surface area contributed by atoms with Gasteiger partial charge in [0.1, 0.15) is 18.6 Å². The van der Waals surface area contributed by atoms with Crippen molar-refractivity contribution < 1.29 is 4.79 Å². The first-order valence-corrected chi connectivity index (χ1v) is 12.9. The molecule has 0 radical (unpaired) electrons. The summed E-state index contributed by atoms with van der Waals surface area (Å²) in [5, 5.41) is 3.42. The van der Waals surface area contributed by atoms with Gasteiger partial charge in [0.05, 0.1) is 12.1 Å². The van der Waals surface area contributed by atoms with E-state index in [1.807, 2.05) is 36.1 Å². The van der Waals surface area contributed by atoms with Crippen LogP contribution in [-0.4, -0.2) is 61.0 Å². The largest absolute Gasteiger partial charge is 0.358 e. The molecule has 4 aromatic rings. The second-order valence-electron chi connectivity index (χ2n) is 9.61. The molecule has 1 fully saturated rings. The third kappa shape index (κ3) is 4.88. The molecule has 3 N–H and O–H groups in total. The smallest absolute Gasteiger partial charge is 0.294 e. The maximum Gasteiger partial charge on any atom is 0.294 e. The number of para-hydroxylation sites is 1. The fourth-order valence-electron chi connectivity index (χ4n) is 5.04. The zero-order chi connectivity index (χ0) is 27.7. The Morgan fingerprint density at radius 2 is 1.95 bits per heavy atom. The molecule has 4 heterocycles. The number of benzene rings is 1. The number of aromatic nitrogens is 6. The quantitative estimate of drug-likeness (QED) is 0.341. The van der Waals surface area contributed by atoms with Gasteiger partial charge in [-0.25, -0.2) is 24.3 Å². The van der Waals surface area contributed by atoms with Gasteiger partial charge in [-0.05, 0) is 32.8 Å². The van der Waals surface area contributed by atoms with Crippen molar-refractivity contribution in [2.75, 3.05) is 25.0 Å². The van der Waals surface area contributed by atoms with Gasteiger partial charge in [0, 0.05) is 37.3 Å². The van der Waals surface area contributed by atoms with Crippen LogP contribution < -0.4 is 27.1 Å². The molecule has 202 valence electrons. The Labute approximate surface area is 224 Å². The van der Waals surface area contributed by atoms with Crippen molar-refractivity contribution >= 4 is 33.8 Å². The molecule has 0 spiro atoms. The first-order chi connectivity index (χ1) is 18.8. The molecule has 1 saturated heterocycles. The van der Waals surface area contributed by atoms with Crippen LogP contribution in [0.3, 0.4) is 0 Å². The molecule has 1 aromatic carbocycles.